The Bertz CT molecular complexity index is 878. The van der Waals surface area contributed by atoms with Crippen LogP contribution in [0.2, 0.25) is 0 Å². The lowest BCUT2D eigenvalue weighted by Gasteiger charge is -2.28. The standard InChI is InChI=1S/C19H18N4OS/c24-17(23-11-10-14-6-4-5-9-16(14)12-23)13-25-19-20-18(21-22-19)15-7-2-1-3-8-15/h1-9H,10-13H2,(H,20,21,22). The van der Waals surface area contributed by atoms with Gasteiger partial charge >= 0.3 is 0 Å². The van der Waals surface area contributed by atoms with Crippen LogP contribution in [0.4, 0.5) is 0 Å². The number of H-pyrrole nitrogens is 1. The quantitative estimate of drug-likeness (QED) is 0.734. The van der Waals surface area contributed by atoms with Crippen LogP contribution in [0.3, 0.4) is 0 Å². The van der Waals surface area contributed by atoms with Gasteiger partial charge in [-0.25, -0.2) is 4.98 Å². The van der Waals surface area contributed by atoms with Gasteiger partial charge in [-0.3, -0.25) is 9.89 Å². The van der Waals surface area contributed by atoms with Crippen molar-refractivity contribution in [2.24, 2.45) is 0 Å². The number of hydrogen-bond donors (Lipinski definition) is 1. The molecule has 4 rings (SSSR count). The summed E-state index contributed by atoms with van der Waals surface area (Å²) in [5.74, 6) is 1.21. The molecule has 0 aliphatic carbocycles. The number of nitrogens with zero attached hydrogens (tertiary/aromatic N) is 3. The predicted molar refractivity (Wildman–Crippen MR) is 98.1 cm³/mol. The molecule has 1 aliphatic rings. The van der Waals surface area contributed by atoms with E-state index in [-0.39, 0.29) is 5.91 Å². The zero-order chi connectivity index (χ0) is 17.1. The van der Waals surface area contributed by atoms with Gasteiger partial charge in [-0.1, -0.05) is 66.4 Å². The van der Waals surface area contributed by atoms with Crippen LogP contribution in [0, 0.1) is 0 Å². The molecule has 0 bridgehead atoms. The summed E-state index contributed by atoms with van der Waals surface area (Å²) in [4.78, 5) is 18.9. The highest BCUT2D eigenvalue weighted by Crippen LogP contribution is 2.22. The van der Waals surface area contributed by atoms with Gasteiger partial charge in [-0.2, -0.15) is 0 Å². The normalized spacial score (nSPS) is 13.5. The summed E-state index contributed by atoms with van der Waals surface area (Å²) in [6, 6.07) is 18.2. The van der Waals surface area contributed by atoms with E-state index in [2.05, 4.69) is 33.4 Å². The van der Waals surface area contributed by atoms with E-state index in [0.717, 1.165) is 24.4 Å². The zero-order valence-electron chi connectivity index (χ0n) is 13.7. The number of hydrogen-bond acceptors (Lipinski definition) is 4. The molecule has 1 aromatic heterocycles. The van der Waals surface area contributed by atoms with E-state index in [1.54, 1.807) is 0 Å². The molecule has 126 valence electrons. The number of amides is 1. The maximum Gasteiger partial charge on any atom is 0.233 e. The molecule has 0 radical (unpaired) electrons. The van der Waals surface area contributed by atoms with Crippen molar-refractivity contribution < 1.29 is 4.79 Å². The predicted octanol–water partition coefficient (Wildman–Crippen LogP) is 3.15. The van der Waals surface area contributed by atoms with Gasteiger partial charge < -0.3 is 4.90 Å². The molecule has 1 N–H and O–H groups in total. The van der Waals surface area contributed by atoms with Crippen molar-refractivity contribution in [1.82, 2.24) is 20.1 Å². The average molecular weight is 350 g/mol. The first-order valence-electron chi connectivity index (χ1n) is 8.25. The number of aromatic amines is 1. The number of thioether (sulfide) groups is 1. The minimum absolute atomic E-state index is 0.130. The van der Waals surface area contributed by atoms with E-state index >= 15 is 0 Å². The molecule has 0 unspecified atom stereocenters. The van der Waals surface area contributed by atoms with Crippen LogP contribution >= 0.6 is 11.8 Å². The van der Waals surface area contributed by atoms with Crippen molar-refractivity contribution in [2.45, 2.75) is 18.1 Å². The summed E-state index contributed by atoms with van der Waals surface area (Å²) in [6.07, 6.45) is 0.922. The molecule has 1 amide bonds. The number of benzene rings is 2. The van der Waals surface area contributed by atoms with Gasteiger partial charge in [0.25, 0.3) is 0 Å². The van der Waals surface area contributed by atoms with Crippen LogP contribution in [0.15, 0.2) is 59.8 Å². The zero-order valence-corrected chi connectivity index (χ0v) is 14.5. The molecule has 2 aromatic carbocycles. The first-order valence-corrected chi connectivity index (χ1v) is 9.23. The van der Waals surface area contributed by atoms with E-state index in [9.17, 15) is 4.79 Å². The Labute approximate surface area is 150 Å². The van der Waals surface area contributed by atoms with Crippen LogP contribution in [-0.4, -0.2) is 38.3 Å². The van der Waals surface area contributed by atoms with E-state index in [1.807, 2.05) is 41.3 Å². The average Bonchev–Trinajstić information content (AvgIpc) is 3.15. The molecule has 3 aromatic rings. The number of nitrogens with one attached hydrogen (secondary N) is 1. The molecule has 25 heavy (non-hydrogen) atoms. The first-order chi connectivity index (χ1) is 12.3. The van der Waals surface area contributed by atoms with E-state index in [1.165, 1.54) is 22.9 Å². The monoisotopic (exact) mass is 350 g/mol. The van der Waals surface area contributed by atoms with Crippen molar-refractivity contribution in [2.75, 3.05) is 12.3 Å². The van der Waals surface area contributed by atoms with Crippen molar-refractivity contribution in [3.63, 3.8) is 0 Å². The van der Waals surface area contributed by atoms with Crippen LogP contribution in [-0.2, 0) is 17.8 Å². The molecule has 2 heterocycles. The lowest BCUT2D eigenvalue weighted by Crippen LogP contribution is -2.37. The van der Waals surface area contributed by atoms with E-state index in [4.69, 9.17) is 0 Å². The van der Waals surface area contributed by atoms with Crippen molar-refractivity contribution >= 4 is 17.7 Å². The topological polar surface area (TPSA) is 61.9 Å². The number of carbonyl (C=O) groups excluding carboxylic acids is 1. The largest absolute Gasteiger partial charge is 0.337 e. The number of carbonyl (C=O) groups is 1. The van der Waals surface area contributed by atoms with Gasteiger partial charge in [0.2, 0.25) is 11.1 Å². The Kier molecular flexibility index (Phi) is 4.52. The van der Waals surface area contributed by atoms with Gasteiger partial charge in [0, 0.05) is 18.7 Å². The van der Waals surface area contributed by atoms with Gasteiger partial charge in [0.05, 0.1) is 5.75 Å². The molecule has 1 aliphatic heterocycles. The molecule has 0 saturated heterocycles. The summed E-state index contributed by atoms with van der Waals surface area (Å²) < 4.78 is 0. The lowest BCUT2D eigenvalue weighted by molar-refractivity contribution is -0.129. The maximum atomic E-state index is 12.5. The summed E-state index contributed by atoms with van der Waals surface area (Å²) >= 11 is 1.37. The van der Waals surface area contributed by atoms with Gasteiger partial charge in [-0.05, 0) is 17.5 Å². The van der Waals surface area contributed by atoms with Crippen molar-refractivity contribution in [3.05, 3.63) is 65.7 Å². The number of aromatic nitrogens is 3. The Hall–Kier alpha value is -2.60. The fourth-order valence-corrected chi connectivity index (χ4v) is 3.66. The SMILES string of the molecule is O=C(CSc1n[nH]c(-c2ccccc2)n1)N1CCc2ccccc2C1. The Morgan fingerprint density at radius 1 is 1.08 bits per heavy atom. The number of rotatable bonds is 4. The van der Waals surface area contributed by atoms with Crippen molar-refractivity contribution in [1.29, 1.82) is 0 Å². The molecular weight excluding hydrogens is 332 g/mol. The van der Waals surface area contributed by atoms with Crippen LogP contribution < -0.4 is 0 Å². The molecule has 0 spiro atoms. The number of fused-ring (bicyclic) bond motifs is 1. The van der Waals surface area contributed by atoms with Gasteiger partial charge in [-0.15, -0.1) is 5.10 Å². The smallest absolute Gasteiger partial charge is 0.233 e. The summed E-state index contributed by atoms with van der Waals surface area (Å²) in [5, 5.41) is 7.73. The molecular formula is C19H18N4OS. The molecule has 5 nitrogen and oxygen atoms in total. The lowest BCUT2D eigenvalue weighted by atomic mass is 10.00. The second-order valence-electron chi connectivity index (χ2n) is 5.96. The highest BCUT2D eigenvalue weighted by molar-refractivity contribution is 7.99. The first kappa shape index (κ1) is 15.9. The summed E-state index contributed by atoms with van der Waals surface area (Å²) in [7, 11) is 0. The third-order valence-corrected chi connectivity index (χ3v) is 5.15. The van der Waals surface area contributed by atoms with Gasteiger partial charge in [0.1, 0.15) is 0 Å². The second-order valence-corrected chi connectivity index (χ2v) is 6.90. The minimum atomic E-state index is 0.130. The Morgan fingerprint density at radius 3 is 2.68 bits per heavy atom. The Balaban J connectivity index is 1.36. The molecule has 0 saturated carbocycles. The van der Waals surface area contributed by atoms with Crippen LogP contribution in [0.25, 0.3) is 11.4 Å². The van der Waals surface area contributed by atoms with E-state index in [0.29, 0.717) is 17.5 Å². The molecule has 0 atom stereocenters. The third-order valence-electron chi connectivity index (χ3n) is 4.32. The van der Waals surface area contributed by atoms with Crippen molar-refractivity contribution in [3.8, 4) is 11.4 Å². The van der Waals surface area contributed by atoms with Gasteiger partial charge in [0.15, 0.2) is 5.82 Å². The molecule has 0 fully saturated rings. The van der Waals surface area contributed by atoms with Crippen LogP contribution in [0.5, 0.6) is 0 Å². The summed E-state index contributed by atoms with van der Waals surface area (Å²) in [5.41, 5.74) is 3.58. The highest BCUT2D eigenvalue weighted by Gasteiger charge is 2.20. The second kappa shape index (κ2) is 7.11. The molecule has 6 heteroatoms. The minimum Gasteiger partial charge on any atom is -0.337 e. The van der Waals surface area contributed by atoms with Crippen LogP contribution in [0.1, 0.15) is 11.1 Å². The third kappa shape index (κ3) is 3.58. The maximum absolute atomic E-state index is 12.5. The highest BCUT2D eigenvalue weighted by atomic mass is 32.2. The Morgan fingerprint density at radius 2 is 1.84 bits per heavy atom. The fourth-order valence-electron chi connectivity index (χ4n) is 2.96. The van der Waals surface area contributed by atoms with E-state index < -0.39 is 0 Å². The fraction of sp³-hybridized carbons (Fsp3) is 0.211. The summed E-state index contributed by atoms with van der Waals surface area (Å²) in [6.45, 7) is 1.47.